The number of rotatable bonds is 1. The van der Waals surface area contributed by atoms with Gasteiger partial charge in [-0.1, -0.05) is 5.16 Å². The highest BCUT2D eigenvalue weighted by Crippen LogP contribution is 2.32. The molecule has 0 spiro atoms. The SMILES string of the molecule is CC(C)(C)OC(=O)N1CCC(O)C(c2noc3cc(F)ccc23)C1. The van der Waals surface area contributed by atoms with Crippen LogP contribution in [0.1, 0.15) is 38.8 Å². The summed E-state index contributed by atoms with van der Waals surface area (Å²) in [7, 11) is 0. The van der Waals surface area contributed by atoms with Crippen LogP contribution in [0.15, 0.2) is 22.7 Å². The molecule has 2 atom stereocenters. The Labute approximate surface area is 139 Å². The largest absolute Gasteiger partial charge is 0.444 e. The van der Waals surface area contributed by atoms with Crippen LogP contribution in [-0.4, -0.2) is 46.1 Å². The van der Waals surface area contributed by atoms with Gasteiger partial charge in [0.25, 0.3) is 0 Å². The van der Waals surface area contributed by atoms with Crippen LogP contribution in [0, 0.1) is 5.82 Å². The van der Waals surface area contributed by atoms with Crippen LogP contribution in [-0.2, 0) is 4.74 Å². The summed E-state index contributed by atoms with van der Waals surface area (Å²) in [5.74, 6) is -0.817. The Kier molecular flexibility index (Phi) is 4.21. The van der Waals surface area contributed by atoms with E-state index in [4.69, 9.17) is 9.26 Å². The summed E-state index contributed by atoms with van der Waals surface area (Å²) in [6.45, 7) is 6.11. The van der Waals surface area contributed by atoms with Gasteiger partial charge in [-0.05, 0) is 39.3 Å². The first-order valence-corrected chi connectivity index (χ1v) is 7.95. The van der Waals surface area contributed by atoms with Crippen molar-refractivity contribution in [2.45, 2.75) is 44.8 Å². The Morgan fingerprint density at radius 1 is 1.46 bits per heavy atom. The molecule has 1 aromatic heterocycles. The molecule has 24 heavy (non-hydrogen) atoms. The Hall–Kier alpha value is -2.15. The number of carbonyl (C=O) groups excluding carboxylic acids is 1. The van der Waals surface area contributed by atoms with Crippen LogP contribution >= 0.6 is 0 Å². The summed E-state index contributed by atoms with van der Waals surface area (Å²) in [6, 6.07) is 4.16. The van der Waals surface area contributed by atoms with Crippen LogP contribution in [0.25, 0.3) is 11.0 Å². The number of hydrogen-bond donors (Lipinski definition) is 1. The van der Waals surface area contributed by atoms with E-state index in [1.807, 2.05) is 0 Å². The molecule has 7 heteroatoms. The van der Waals surface area contributed by atoms with Crippen molar-refractivity contribution in [2.24, 2.45) is 0 Å². The lowest BCUT2D eigenvalue weighted by Crippen LogP contribution is -2.46. The van der Waals surface area contributed by atoms with E-state index in [2.05, 4.69) is 5.16 Å². The van der Waals surface area contributed by atoms with E-state index in [9.17, 15) is 14.3 Å². The molecular weight excluding hydrogens is 315 g/mol. The second-order valence-corrected chi connectivity index (χ2v) is 7.10. The maximum Gasteiger partial charge on any atom is 0.410 e. The number of likely N-dealkylation sites (tertiary alicyclic amines) is 1. The highest BCUT2D eigenvalue weighted by molar-refractivity contribution is 5.80. The summed E-state index contributed by atoms with van der Waals surface area (Å²) in [4.78, 5) is 13.8. The van der Waals surface area contributed by atoms with Gasteiger partial charge in [-0.15, -0.1) is 0 Å². The fourth-order valence-corrected chi connectivity index (χ4v) is 2.90. The summed E-state index contributed by atoms with van der Waals surface area (Å²) in [6.07, 6.45) is -0.653. The molecule has 0 radical (unpaired) electrons. The minimum Gasteiger partial charge on any atom is -0.444 e. The van der Waals surface area contributed by atoms with Crippen LogP contribution in [0.2, 0.25) is 0 Å². The van der Waals surface area contributed by atoms with Gasteiger partial charge in [0.15, 0.2) is 5.58 Å². The van der Waals surface area contributed by atoms with Crippen molar-refractivity contribution in [3.8, 4) is 0 Å². The van der Waals surface area contributed by atoms with Crippen LogP contribution < -0.4 is 0 Å². The number of benzene rings is 1. The van der Waals surface area contributed by atoms with Gasteiger partial charge in [-0.25, -0.2) is 9.18 Å². The van der Waals surface area contributed by atoms with Gasteiger partial charge < -0.3 is 19.3 Å². The standard InChI is InChI=1S/C17H21FN2O4/c1-17(2,3)23-16(22)20-7-6-13(21)12(9-20)15-11-5-4-10(18)8-14(11)24-19-15/h4-5,8,12-13,21H,6-7,9H2,1-3H3. The number of aliphatic hydroxyl groups excluding tert-OH is 1. The third-order valence-electron chi connectivity index (χ3n) is 4.04. The van der Waals surface area contributed by atoms with E-state index in [1.54, 1.807) is 31.7 Å². The van der Waals surface area contributed by atoms with E-state index < -0.39 is 29.5 Å². The first-order chi connectivity index (χ1) is 11.2. The van der Waals surface area contributed by atoms with Crippen LogP contribution in [0.4, 0.5) is 9.18 Å². The van der Waals surface area contributed by atoms with E-state index in [0.717, 1.165) is 0 Å². The predicted octanol–water partition coefficient (Wildman–Crippen LogP) is 3.05. The fourth-order valence-electron chi connectivity index (χ4n) is 2.90. The minimum atomic E-state index is -0.651. The molecule has 0 aliphatic carbocycles. The minimum absolute atomic E-state index is 0.273. The van der Waals surface area contributed by atoms with Crippen LogP contribution in [0.3, 0.4) is 0 Å². The van der Waals surface area contributed by atoms with Crippen molar-refractivity contribution in [1.29, 1.82) is 0 Å². The van der Waals surface area contributed by atoms with Crippen molar-refractivity contribution < 1.29 is 23.6 Å². The van der Waals surface area contributed by atoms with Gasteiger partial charge in [0.1, 0.15) is 11.4 Å². The molecule has 2 unspecified atom stereocenters. The van der Waals surface area contributed by atoms with Crippen molar-refractivity contribution in [3.63, 3.8) is 0 Å². The summed E-state index contributed by atoms with van der Waals surface area (Å²) < 4.78 is 23.8. The maximum absolute atomic E-state index is 13.3. The van der Waals surface area contributed by atoms with Gasteiger partial charge in [-0.2, -0.15) is 0 Å². The molecular formula is C17H21FN2O4. The molecule has 1 fully saturated rings. The molecule has 6 nitrogen and oxygen atoms in total. The molecule has 2 aromatic rings. The molecule has 1 aromatic carbocycles. The fraction of sp³-hybridized carbons (Fsp3) is 0.529. The number of fused-ring (bicyclic) bond motifs is 1. The number of amides is 1. The lowest BCUT2D eigenvalue weighted by molar-refractivity contribution is 0.00348. The van der Waals surface area contributed by atoms with Gasteiger partial charge in [0.2, 0.25) is 0 Å². The Morgan fingerprint density at radius 3 is 2.92 bits per heavy atom. The Balaban J connectivity index is 1.84. The highest BCUT2D eigenvalue weighted by Gasteiger charge is 2.36. The number of ether oxygens (including phenoxy) is 1. The summed E-state index contributed by atoms with van der Waals surface area (Å²) in [5.41, 5.74) is 0.276. The summed E-state index contributed by atoms with van der Waals surface area (Å²) >= 11 is 0. The average molecular weight is 336 g/mol. The van der Waals surface area contributed by atoms with Gasteiger partial charge in [0.05, 0.1) is 11.8 Å². The number of hydrogen-bond acceptors (Lipinski definition) is 5. The monoisotopic (exact) mass is 336 g/mol. The van der Waals surface area contributed by atoms with Crippen molar-refractivity contribution in [2.75, 3.05) is 13.1 Å². The van der Waals surface area contributed by atoms with Crippen molar-refractivity contribution in [3.05, 3.63) is 29.7 Å². The zero-order valence-electron chi connectivity index (χ0n) is 14.0. The third-order valence-corrected chi connectivity index (χ3v) is 4.04. The van der Waals surface area contributed by atoms with Crippen LogP contribution in [0.5, 0.6) is 0 Å². The van der Waals surface area contributed by atoms with E-state index in [1.165, 1.54) is 12.1 Å². The second-order valence-electron chi connectivity index (χ2n) is 7.10. The normalized spacial score (nSPS) is 22.0. The molecule has 1 aliphatic heterocycles. The zero-order valence-corrected chi connectivity index (χ0v) is 14.0. The van der Waals surface area contributed by atoms with Gasteiger partial charge in [0, 0.05) is 30.5 Å². The smallest absolute Gasteiger partial charge is 0.410 e. The number of nitrogens with zero attached hydrogens (tertiary/aromatic N) is 2. The predicted molar refractivity (Wildman–Crippen MR) is 85.1 cm³/mol. The molecule has 0 saturated carbocycles. The lowest BCUT2D eigenvalue weighted by atomic mass is 9.90. The van der Waals surface area contributed by atoms with Gasteiger partial charge >= 0.3 is 6.09 Å². The first-order valence-electron chi connectivity index (χ1n) is 7.95. The summed E-state index contributed by atoms with van der Waals surface area (Å²) in [5, 5.41) is 15.0. The highest BCUT2D eigenvalue weighted by atomic mass is 19.1. The number of carbonyl (C=O) groups is 1. The molecule has 1 amide bonds. The number of aromatic nitrogens is 1. The van der Waals surface area contributed by atoms with E-state index >= 15 is 0 Å². The number of halogens is 1. The van der Waals surface area contributed by atoms with Crippen molar-refractivity contribution >= 4 is 17.1 Å². The average Bonchev–Trinajstić information content (AvgIpc) is 2.88. The Bertz CT molecular complexity index is 753. The number of aliphatic hydroxyl groups is 1. The van der Waals surface area contributed by atoms with Crippen molar-refractivity contribution in [1.82, 2.24) is 10.1 Å². The molecule has 3 rings (SSSR count). The number of piperidine rings is 1. The first kappa shape index (κ1) is 16.7. The molecule has 130 valence electrons. The molecule has 1 aliphatic rings. The topological polar surface area (TPSA) is 75.8 Å². The van der Waals surface area contributed by atoms with E-state index in [-0.39, 0.29) is 6.54 Å². The van der Waals surface area contributed by atoms with Gasteiger partial charge in [-0.3, -0.25) is 0 Å². The Morgan fingerprint density at radius 2 is 2.21 bits per heavy atom. The molecule has 0 bridgehead atoms. The molecule has 2 heterocycles. The molecule has 1 saturated heterocycles. The van der Waals surface area contributed by atoms with E-state index in [0.29, 0.717) is 29.6 Å². The third kappa shape index (κ3) is 3.36. The maximum atomic E-state index is 13.3. The quantitative estimate of drug-likeness (QED) is 0.866. The zero-order chi connectivity index (χ0) is 17.5. The molecule has 1 N–H and O–H groups in total. The lowest BCUT2D eigenvalue weighted by Gasteiger charge is -2.36. The second kappa shape index (κ2) is 6.05.